The summed E-state index contributed by atoms with van der Waals surface area (Å²) >= 11 is 0. The van der Waals surface area contributed by atoms with Crippen LogP contribution in [0.1, 0.15) is 19.8 Å². The SMILES string of the molecule is CCCNC1CCN(CC(=O)NC)C1=O. The molecule has 0 radical (unpaired) electrons. The quantitative estimate of drug-likeness (QED) is 0.637. The van der Waals surface area contributed by atoms with Gasteiger partial charge in [0.25, 0.3) is 0 Å². The van der Waals surface area contributed by atoms with Gasteiger partial charge in [0.05, 0.1) is 12.6 Å². The Labute approximate surface area is 90.2 Å². The van der Waals surface area contributed by atoms with Crippen molar-refractivity contribution in [3.05, 3.63) is 0 Å². The number of hydrogen-bond acceptors (Lipinski definition) is 3. The van der Waals surface area contributed by atoms with Crippen LogP contribution in [-0.4, -0.2) is 49.4 Å². The van der Waals surface area contributed by atoms with Gasteiger partial charge in [-0.25, -0.2) is 0 Å². The van der Waals surface area contributed by atoms with E-state index >= 15 is 0 Å². The van der Waals surface area contributed by atoms with Gasteiger partial charge in [0.15, 0.2) is 0 Å². The van der Waals surface area contributed by atoms with Gasteiger partial charge in [-0.05, 0) is 19.4 Å². The number of rotatable bonds is 5. The molecule has 0 aliphatic carbocycles. The van der Waals surface area contributed by atoms with Crippen molar-refractivity contribution in [2.75, 3.05) is 26.7 Å². The van der Waals surface area contributed by atoms with Crippen molar-refractivity contribution in [3.8, 4) is 0 Å². The highest BCUT2D eigenvalue weighted by molar-refractivity contribution is 5.88. The molecule has 0 aromatic carbocycles. The Morgan fingerprint density at radius 3 is 2.93 bits per heavy atom. The molecule has 0 aromatic heterocycles. The molecule has 1 aliphatic rings. The van der Waals surface area contributed by atoms with E-state index in [1.807, 2.05) is 0 Å². The molecule has 86 valence electrons. The largest absolute Gasteiger partial charge is 0.358 e. The standard InChI is InChI=1S/C10H19N3O2/c1-3-5-12-8-4-6-13(10(8)15)7-9(14)11-2/h8,12H,3-7H2,1-2H3,(H,11,14). The van der Waals surface area contributed by atoms with Crippen LogP contribution in [0.15, 0.2) is 0 Å². The van der Waals surface area contributed by atoms with Crippen molar-refractivity contribution >= 4 is 11.8 Å². The van der Waals surface area contributed by atoms with Crippen LogP contribution in [0.5, 0.6) is 0 Å². The van der Waals surface area contributed by atoms with Gasteiger partial charge in [-0.3, -0.25) is 9.59 Å². The Hall–Kier alpha value is -1.10. The first-order valence-corrected chi connectivity index (χ1v) is 5.41. The van der Waals surface area contributed by atoms with Crippen LogP contribution >= 0.6 is 0 Å². The second-order valence-corrected chi connectivity index (χ2v) is 3.73. The van der Waals surface area contributed by atoms with E-state index in [9.17, 15) is 9.59 Å². The topological polar surface area (TPSA) is 61.4 Å². The fourth-order valence-electron chi connectivity index (χ4n) is 1.66. The number of likely N-dealkylation sites (tertiary alicyclic amines) is 1. The summed E-state index contributed by atoms with van der Waals surface area (Å²) in [7, 11) is 1.58. The van der Waals surface area contributed by atoms with Crippen molar-refractivity contribution < 1.29 is 9.59 Å². The minimum Gasteiger partial charge on any atom is -0.358 e. The lowest BCUT2D eigenvalue weighted by Crippen LogP contribution is -2.42. The number of carbonyl (C=O) groups excluding carboxylic acids is 2. The maximum atomic E-state index is 11.7. The maximum Gasteiger partial charge on any atom is 0.240 e. The fourth-order valence-corrected chi connectivity index (χ4v) is 1.66. The third-order valence-corrected chi connectivity index (χ3v) is 2.55. The first-order chi connectivity index (χ1) is 7.19. The average molecular weight is 213 g/mol. The molecule has 1 aliphatic heterocycles. The van der Waals surface area contributed by atoms with E-state index in [0.29, 0.717) is 6.54 Å². The second-order valence-electron chi connectivity index (χ2n) is 3.73. The molecule has 0 saturated carbocycles. The van der Waals surface area contributed by atoms with Crippen LogP contribution < -0.4 is 10.6 Å². The Kier molecular flexibility index (Phi) is 4.55. The zero-order valence-electron chi connectivity index (χ0n) is 9.38. The smallest absolute Gasteiger partial charge is 0.240 e. The van der Waals surface area contributed by atoms with Crippen molar-refractivity contribution in [2.24, 2.45) is 0 Å². The minimum atomic E-state index is -0.112. The van der Waals surface area contributed by atoms with E-state index < -0.39 is 0 Å². The van der Waals surface area contributed by atoms with Crippen molar-refractivity contribution in [1.29, 1.82) is 0 Å². The zero-order chi connectivity index (χ0) is 11.3. The highest BCUT2D eigenvalue weighted by atomic mass is 16.2. The van der Waals surface area contributed by atoms with E-state index in [-0.39, 0.29) is 24.4 Å². The van der Waals surface area contributed by atoms with Gasteiger partial charge in [0, 0.05) is 13.6 Å². The predicted molar refractivity (Wildman–Crippen MR) is 57.3 cm³/mol. The Morgan fingerprint density at radius 2 is 2.33 bits per heavy atom. The van der Waals surface area contributed by atoms with Crippen LogP contribution in [0.4, 0.5) is 0 Å². The number of nitrogens with one attached hydrogen (secondary N) is 2. The molecule has 15 heavy (non-hydrogen) atoms. The molecule has 5 heteroatoms. The van der Waals surface area contributed by atoms with Crippen molar-refractivity contribution in [3.63, 3.8) is 0 Å². The lowest BCUT2D eigenvalue weighted by molar-refractivity contribution is -0.134. The summed E-state index contributed by atoms with van der Waals surface area (Å²) in [5.41, 5.74) is 0. The van der Waals surface area contributed by atoms with Crippen LogP contribution in [0, 0.1) is 0 Å². The number of amides is 2. The molecule has 0 aromatic rings. The molecular weight excluding hydrogens is 194 g/mol. The lowest BCUT2D eigenvalue weighted by Gasteiger charge is -2.15. The molecular formula is C10H19N3O2. The molecule has 0 bridgehead atoms. The average Bonchev–Trinajstić information content (AvgIpc) is 2.57. The van der Waals surface area contributed by atoms with Gasteiger partial charge in [-0.15, -0.1) is 0 Å². The Balaban J connectivity index is 2.38. The Morgan fingerprint density at radius 1 is 1.60 bits per heavy atom. The zero-order valence-corrected chi connectivity index (χ0v) is 9.38. The molecule has 1 fully saturated rings. The van der Waals surface area contributed by atoms with Crippen molar-refractivity contribution in [2.45, 2.75) is 25.8 Å². The van der Waals surface area contributed by atoms with Crippen LogP contribution in [0.2, 0.25) is 0 Å². The van der Waals surface area contributed by atoms with E-state index in [1.165, 1.54) is 0 Å². The van der Waals surface area contributed by atoms with Crippen LogP contribution in [0.3, 0.4) is 0 Å². The summed E-state index contributed by atoms with van der Waals surface area (Å²) in [5, 5.41) is 5.70. The lowest BCUT2D eigenvalue weighted by atomic mass is 10.2. The van der Waals surface area contributed by atoms with Gasteiger partial charge in [-0.1, -0.05) is 6.92 Å². The van der Waals surface area contributed by atoms with E-state index in [4.69, 9.17) is 0 Å². The highest BCUT2D eigenvalue weighted by Crippen LogP contribution is 2.10. The summed E-state index contributed by atoms with van der Waals surface area (Å²) in [5.74, 6) is -0.0634. The summed E-state index contributed by atoms with van der Waals surface area (Å²) in [4.78, 5) is 24.5. The van der Waals surface area contributed by atoms with Gasteiger partial charge in [-0.2, -0.15) is 0 Å². The molecule has 0 spiro atoms. The molecule has 2 amide bonds. The first-order valence-electron chi connectivity index (χ1n) is 5.41. The minimum absolute atomic E-state index is 0.0482. The predicted octanol–water partition coefficient (Wildman–Crippen LogP) is -0.667. The third kappa shape index (κ3) is 3.20. The maximum absolute atomic E-state index is 11.7. The van der Waals surface area contributed by atoms with Crippen LogP contribution in [0.25, 0.3) is 0 Å². The van der Waals surface area contributed by atoms with E-state index in [1.54, 1.807) is 11.9 Å². The van der Waals surface area contributed by atoms with Gasteiger partial charge >= 0.3 is 0 Å². The third-order valence-electron chi connectivity index (χ3n) is 2.55. The van der Waals surface area contributed by atoms with E-state index in [2.05, 4.69) is 17.6 Å². The monoisotopic (exact) mass is 213 g/mol. The number of hydrogen-bond donors (Lipinski definition) is 2. The molecule has 1 atom stereocenters. The summed E-state index contributed by atoms with van der Waals surface area (Å²) < 4.78 is 0. The molecule has 5 nitrogen and oxygen atoms in total. The van der Waals surface area contributed by atoms with Crippen LogP contribution in [-0.2, 0) is 9.59 Å². The molecule has 1 unspecified atom stereocenters. The fraction of sp³-hybridized carbons (Fsp3) is 0.800. The molecule has 1 rings (SSSR count). The van der Waals surface area contributed by atoms with Crippen molar-refractivity contribution in [1.82, 2.24) is 15.5 Å². The van der Waals surface area contributed by atoms with Gasteiger partial charge in [0.1, 0.15) is 0 Å². The van der Waals surface area contributed by atoms with Gasteiger partial charge < -0.3 is 15.5 Å². The van der Waals surface area contributed by atoms with Gasteiger partial charge in [0.2, 0.25) is 11.8 Å². The normalized spacial score (nSPS) is 20.8. The number of carbonyl (C=O) groups is 2. The highest BCUT2D eigenvalue weighted by Gasteiger charge is 2.31. The second kappa shape index (κ2) is 5.70. The molecule has 2 N–H and O–H groups in total. The summed E-state index contributed by atoms with van der Waals surface area (Å²) in [6.45, 7) is 3.77. The molecule has 1 saturated heterocycles. The number of nitrogens with zero attached hydrogens (tertiary/aromatic N) is 1. The summed E-state index contributed by atoms with van der Waals surface area (Å²) in [6, 6.07) is -0.0883. The van der Waals surface area contributed by atoms with E-state index in [0.717, 1.165) is 19.4 Å². The first kappa shape index (κ1) is 12.0. The molecule has 1 heterocycles. The number of likely N-dealkylation sites (N-methyl/N-ethyl adjacent to an activating group) is 1. The summed E-state index contributed by atoms with van der Waals surface area (Å²) in [6.07, 6.45) is 1.81. The Bertz CT molecular complexity index is 243.